The predicted octanol–water partition coefficient (Wildman–Crippen LogP) is 40.8. The van der Waals surface area contributed by atoms with Crippen molar-refractivity contribution in [2.24, 2.45) is 0 Å². The molecule has 9 aromatic carbocycles. The van der Waals surface area contributed by atoms with Crippen molar-refractivity contribution >= 4 is 106 Å². The molecule has 68 heteroatoms. The molecule has 11 rings (SSSR count). The van der Waals surface area contributed by atoms with Crippen LogP contribution < -0.4 is 18.9 Å². The van der Waals surface area contributed by atoms with Gasteiger partial charge in [-0.25, -0.2) is 4.79 Å². The van der Waals surface area contributed by atoms with Gasteiger partial charge in [0.15, 0.2) is 53.8 Å². The number of diazo groups is 7. The summed E-state index contributed by atoms with van der Waals surface area (Å²) in [7, 11) is -66.0. The molecule has 0 bridgehead atoms. The molecular weight excluding hydrogens is 2250 g/mol. The number of carbonyl (C=O) groups is 2. The Morgan fingerprint density at radius 3 is 1.07 bits per heavy atom. The van der Waals surface area contributed by atoms with Crippen molar-refractivity contribution < 1.29 is 202 Å². The molecule has 1 heterocycles. The van der Waals surface area contributed by atoms with E-state index in [4.69, 9.17) is 61.4 Å². The second kappa shape index (κ2) is 50.0. The van der Waals surface area contributed by atoms with Crippen LogP contribution in [0.5, 0.6) is 17.2 Å². The van der Waals surface area contributed by atoms with E-state index in [1.54, 1.807) is 50.4 Å². The molecule has 1 aliphatic heterocycles. The number of aryl methyl sites for hydroxylation is 10. The van der Waals surface area contributed by atoms with E-state index in [2.05, 4.69) is 53.9 Å². The Hall–Kier alpha value is -12.7. The first-order valence-corrected chi connectivity index (χ1v) is 52.7. The van der Waals surface area contributed by atoms with Crippen LogP contribution in [0, 0.1) is 128 Å². The topological polar surface area (TPSA) is 277 Å². The van der Waals surface area contributed by atoms with Gasteiger partial charge in [-0.2, -0.15) is 0 Å². The summed E-state index contributed by atoms with van der Waals surface area (Å²) < 4.78 is 411. The van der Waals surface area contributed by atoms with E-state index in [0.29, 0.717) is 76.5 Å². The molecule has 0 aromatic heterocycles. The molecule has 0 unspecified atom stereocenters. The molecule has 0 saturated heterocycles. The van der Waals surface area contributed by atoms with E-state index in [-0.39, 0.29) is 29.7 Å². The second-order valence-electron chi connectivity index (χ2n) is 30.9. The zero-order chi connectivity index (χ0) is 118. The summed E-state index contributed by atoms with van der Waals surface area (Å²) in [5.41, 5.74) is 25.8. The number of fused-ring (bicyclic) bond motifs is 2. The molecule has 0 atom stereocenters. The molecule has 1 aliphatic carbocycles. The van der Waals surface area contributed by atoms with Crippen molar-refractivity contribution in [3.63, 3.8) is 0 Å². The zero-order valence-electron chi connectivity index (χ0n) is 80.1. The Bertz CT molecular complexity index is 6130. The van der Waals surface area contributed by atoms with Crippen LogP contribution in [0.3, 0.4) is 0 Å². The van der Waals surface area contributed by atoms with Gasteiger partial charge in [0.25, 0.3) is 0 Å². The van der Waals surface area contributed by atoms with E-state index >= 15 is 0 Å². The molecule has 150 heavy (non-hydrogen) atoms. The van der Waals surface area contributed by atoms with Crippen LogP contribution in [0.15, 0.2) is 146 Å². The first-order chi connectivity index (χ1) is 65.8. The number of ketones is 1. The fraction of sp³-hybridized carbons (Fsp3) is 0.317. The molecule has 0 radical (unpaired) electrons. The number of nitrogens with zero attached hydrogens (tertiary/aromatic N) is 14. The number of halogens is 40. The standard InChI is InChI=1S/C18H19N2O3.C15H15N2.C13H15N2O3.C9H9N2O.3C9H11N2.BF3.6F6P.FH/c1-13-10-18(15(8-9-22-2)11-16(13)20-19)23-12-17(21)14-6-4-3-5-7-14;1-11-8-9-15(17-16)12(2)14(11)10-13-6-4-3-5-7-13;1-2-17-13(16)8-18-12-7-6-11(15-14)9-4-3-5-10(9)12;1-6-4-9-7(2-3-12-9)5-8(6)11-10;2*1-6-4-8(3)9(11-10)5-7(6)2;1-6-4-5-9(11-10)8(3)7(6)2;2-1(3)4;6*1-7(2,3,4,5)6;/h3-7,10-11H,8-9,12H2,1-2H3;3-9H,10H2,1-2H3;6-7H,2-5,8H2,1H3;4-5H,2-3H2,1H3;3*4-5H,1-3H3;;;;;;;;1H/q7*+1;;6*-1;/p-1. The maximum Gasteiger partial charge on any atom is -1.00 e. The second-order valence-corrected chi connectivity index (χ2v) is 42.4. The smallest absolute Gasteiger partial charge is 1.00 e. The molecule has 0 amide bonds. The maximum atomic E-state index is 12.1. The largest absolute Gasteiger partial charge is 1.00 e. The van der Waals surface area contributed by atoms with Crippen LogP contribution in [-0.4, -0.2) is 59.4 Å². The van der Waals surface area contributed by atoms with Crippen molar-refractivity contribution in [1.82, 2.24) is 0 Å². The van der Waals surface area contributed by atoms with Gasteiger partial charge in [0.05, 0.1) is 25.4 Å². The summed E-state index contributed by atoms with van der Waals surface area (Å²) in [6.45, 7) is 29.0. The third-order valence-corrected chi connectivity index (χ3v) is 17.7. The summed E-state index contributed by atoms with van der Waals surface area (Å²) in [6, 6.07) is 45.5. The summed E-state index contributed by atoms with van der Waals surface area (Å²) >= 11 is 0. The number of ether oxygens (including phenoxy) is 5. The Kier molecular flexibility index (Phi) is 47.9. The van der Waals surface area contributed by atoms with Gasteiger partial charge >= 0.3 is 251 Å². The average Bonchev–Trinajstić information content (AvgIpc) is 1.11. The van der Waals surface area contributed by atoms with Crippen molar-refractivity contribution in [3.05, 3.63) is 292 Å². The van der Waals surface area contributed by atoms with E-state index in [1.165, 1.54) is 38.9 Å². The molecule has 2 aliphatic rings. The van der Waals surface area contributed by atoms with Gasteiger partial charge in [-0.3, -0.25) is 17.7 Å². The normalized spacial score (nSPS) is 14.0. The summed E-state index contributed by atoms with van der Waals surface area (Å²) in [6.07, 6.45) is 5.17. The Labute approximate surface area is 827 Å². The monoisotopic (exact) mass is 2340 g/mol. The van der Waals surface area contributed by atoms with Crippen molar-refractivity contribution in [2.75, 3.05) is 40.1 Å². The van der Waals surface area contributed by atoms with Crippen LogP contribution >= 0.6 is 46.9 Å². The molecule has 0 N–H and O–H groups in total. The van der Waals surface area contributed by atoms with Crippen molar-refractivity contribution in [2.45, 2.75) is 135 Å². The van der Waals surface area contributed by atoms with Gasteiger partial charge in [0.2, 0.25) is 37.7 Å². The molecule has 9 aromatic rings. The molecule has 844 valence electrons. The number of hydrogen-bond donors (Lipinski definition) is 0. The van der Waals surface area contributed by atoms with E-state index in [0.717, 1.165) is 111 Å². The van der Waals surface area contributed by atoms with Gasteiger partial charge in [-0.1, -0.05) is 72.8 Å². The van der Waals surface area contributed by atoms with Crippen LogP contribution in [-0.2, 0) is 46.4 Å². The van der Waals surface area contributed by atoms with Gasteiger partial charge in [-0.05, 0) is 209 Å². The summed E-state index contributed by atoms with van der Waals surface area (Å²) in [5.74, 6) is 1.76. The minimum absolute atomic E-state index is 0. The average molecular weight is 2340 g/mol. The fourth-order valence-electron chi connectivity index (χ4n) is 11.1. The fourth-order valence-corrected chi connectivity index (χ4v) is 11.1. The zero-order valence-corrected chi connectivity index (χ0v) is 85.5. The number of esters is 1. The third-order valence-electron chi connectivity index (χ3n) is 17.7. The first-order valence-electron chi connectivity index (χ1n) is 40.5. The summed E-state index contributed by atoms with van der Waals surface area (Å²) in [5, 5.41) is 61.2. The van der Waals surface area contributed by atoms with Crippen LogP contribution in [0.25, 0.3) is 34.8 Å². The Morgan fingerprint density at radius 1 is 0.353 bits per heavy atom. The Morgan fingerprint density at radius 2 is 0.687 bits per heavy atom. The Balaban J connectivity index is -0.000000783. The minimum Gasteiger partial charge on any atom is -1.00 e. The maximum absolute atomic E-state index is 12.1. The molecular formula is C82H91BF40N14O7P6. The SMILES string of the molecule is CCOC(=O)COc1ccc([N+]#N)c2c1CCC2.COCCc1cc([N+]#N)c(C)cc1OCC(=O)c1ccccc1.Cc1cc(C)c([N+]#N)cc1C.Cc1cc(C)c([N+]#N)cc1C.Cc1cc2c(cc1[N+]#N)CCO2.Cc1ccc([N+]#N)c(C)c1C.Cc1ccc([N+]#N)c(C)c1Cc1ccccc1.FB(F)F.F[P-](F)(F)(F)(F)F.F[P-](F)(F)(F)(F)F.F[P-](F)(F)(F)(F)F.F[P-](F)(F)(F)(F)F.F[P-](F)(F)(F)(F)F.F[P-](F)(F)(F)(F)F.[F-]. The third kappa shape index (κ3) is 85.1. The van der Waals surface area contributed by atoms with Crippen LogP contribution in [0.2, 0.25) is 0 Å². The molecule has 0 spiro atoms. The predicted molar refractivity (Wildman–Crippen MR) is 495 cm³/mol. The first kappa shape index (κ1) is 144. The van der Waals surface area contributed by atoms with Gasteiger partial charge in [0, 0.05) is 112 Å². The van der Waals surface area contributed by atoms with Gasteiger partial charge in [0.1, 0.15) is 17.2 Å². The van der Waals surface area contributed by atoms with Crippen molar-refractivity contribution in [3.8, 4) is 17.2 Å². The van der Waals surface area contributed by atoms with Gasteiger partial charge in [-0.15, -0.1) is 0 Å². The van der Waals surface area contributed by atoms with Crippen LogP contribution in [0.1, 0.15) is 129 Å². The van der Waals surface area contributed by atoms with E-state index < -0.39 is 54.4 Å². The van der Waals surface area contributed by atoms with Gasteiger partial charge < -0.3 is 28.4 Å². The number of rotatable bonds is 13. The van der Waals surface area contributed by atoms with Crippen LogP contribution in [0.4, 0.5) is 204 Å². The molecule has 0 saturated carbocycles. The number of hydrogen-bond acceptors (Lipinski definition) is 14. The number of carbonyl (C=O) groups excluding carboxylic acids is 2. The minimum atomic E-state index is -10.7. The molecule has 21 nitrogen and oxygen atoms in total. The quantitative estimate of drug-likeness (QED) is 0.0259. The van der Waals surface area contributed by atoms with Crippen molar-refractivity contribution in [1.29, 1.82) is 37.7 Å². The summed E-state index contributed by atoms with van der Waals surface area (Å²) in [4.78, 5) is 45.9. The van der Waals surface area contributed by atoms with E-state index in [9.17, 15) is 174 Å². The molecule has 0 fully saturated rings. The van der Waals surface area contributed by atoms with E-state index in [1.807, 2.05) is 180 Å². The number of benzene rings is 9. The number of Topliss-reactive ketones (excluding diaryl/α,β-unsaturated/α-hetero) is 1. The number of methoxy groups -OCH3 is 1.